The van der Waals surface area contributed by atoms with Gasteiger partial charge in [-0.2, -0.15) is 0 Å². The minimum Gasteiger partial charge on any atom is -0.308 e. The molecule has 0 N–H and O–H groups in total. The van der Waals surface area contributed by atoms with Crippen LogP contribution in [-0.4, -0.2) is 4.98 Å². The highest BCUT2D eigenvalue weighted by molar-refractivity contribution is 5.96. The van der Waals surface area contributed by atoms with Crippen molar-refractivity contribution in [3.8, 4) is 22.3 Å². The Balaban J connectivity index is 1.35. The van der Waals surface area contributed by atoms with E-state index in [0.29, 0.717) is 0 Å². The summed E-state index contributed by atoms with van der Waals surface area (Å²) in [7, 11) is 0. The van der Waals surface area contributed by atoms with Crippen LogP contribution >= 0.6 is 0 Å². The van der Waals surface area contributed by atoms with E-state index in [4.69, 9.17) is 4.98 Å². The lowest BCUT2D eigenvalue weighted by Gasteiger charge is -2.40. The van der Waals surface area contributed by atoms with Gasteiger partial charge in [0, 0.05) is 19.0 Å². The van der Waals surface area contributed by atoms with Gasteiger partial charge in [-0.1, -0.05) is 60.7 Å². The molecule has 0 fully saturated rings. The van der Waals surface area contributed by atoms with Crippen LogP contribution in [0.3, 0.4) is 0 Å². The van der Waals surface area contributed by atoms with Crippen molar-refractivity contribution in [2.75, 3.05) is 4.90 Å². The third-order valence-corrected chi connectivity index (χ3v) is 8.59. The minimum atomic E-state index is 0.901. The predicted molar refractivity (Wildman–Crippen MR) is 141 cm³/mol. The summed E-state index contributed by atoms with van der Waals surface area (Å²) in [6.07, 6.45) is 5.92. The molecule has 9 rings (SSSR count). The van der Waals surface area contributed by atoms with Crippen molar-refractivity contribution in [1.29, 1.82) is 0 Å². The Kier molecular flexibility index (Phi) is 3.27. The Bertz CT molecular complexity index is 1760. The van der Waals surface area contributed by atoms with Gasteiger partial charge in [0.25, 0.3) is 0 Å². The van der Waals surface area contributed by atoms with Crippen LogP contribution in [0.2, 0.25) is 0 Å². The largest absolute Gasteiger partial charge is 0.308 e. The molecule has 0 spiro atoms. The van der Waals surface area contributed by atoms with Crippen LogP contribution in [0.25, 0.3) is 22.3 Å². The summed E-state index contributed by atoms with van der Waals surface area (Å²) in [5.74, 6) is 0. The molecule has 164 valence electrons. The number of benzene rings is 4. The van der Waals surface area contributed by atoms with E-state index in [-0.39, 0.29) is 0 Å². The lowest BCUT2D eigenvalue weighted by molar-refractivity contribution is 0.961. The highest BCUT2D eigenvalue weighted by Gasteiger charge is 2.38. The molecule has 4 aliphatic rings. The van der Waals surface area contributed by atoms with Crippen LogP contribution in [-0.2, 0) is 25.7 Å². The number of rotatable bonds is 0. The molecule has 2 aliphatic carbocycles. The molecule has 35 heavy (non-hydrogen) atoms. The fourth-order valence-electron chi connectivity index (χ4n) is 7.21. The second-order valence-electron chi connectivity index (χ2n) is 10.3. The van der Waals surface area contributed by atoms with Gasteiger partial charge in [-0.3, -0.25) is 4.98 Å². The summed E-state index contributed by atoms with van der Waals surface area (Å²) in [6, 6.07) is 29.5. The van der Waals surface area contributed by atoms with Crippen molar-refractivity contribution in [3.63, 3.8) is 0 Å². The molecule has 0 bridgehead atoms. The second-order valence-corrected chi connectivity index (χ2v) is 10.3. The van der Waals surface area contributed by atoms with Crippen LogP contribution < -0.4 is 4.90 Å². The molecule has 1 aromatic heterocycles. The van der Waals surface area contributed by atoms with Gasteiger partial charge in [0.05, 0.1) is 22.8 Å². The average Bonchev–Trinajstić information content (AvgIpc) is 3.47. The second kappa shape index (κ2) is 6.28. The summed E-state index contributed by atoms with van der Waals surface area (Å²) in [5.41, 5.74) is 21.2. The van der Waals surface area contributed by atoms with Crippen LogP contribution in [0.15, 0.2) is 85.1 Å². The van der Waals surface area contributed by atoms with E-state index < -0.39 is 0 Å². The number of fused-ring (bicyclic) bond motifs is 12. The SMILES string of the molecule is c1ccc2c(c1)Cc1c-2ccc2c1Cc1cc3c(c4c1N2c1cccnc1C4)-c1ccccc1C3. The van der Waals surface area contributed by atoms with Crippen molar-refractivity contribution in [3.05, 3.63) is 130 Å². The molecule has 2 nitrogen and oxygen atoms in total. The minimum absolute atomic E-state index is 0.901. The quantitative estimate of drug-likeness (QED) is 0.240. The fourth-order valence-corrected chi connectivity index (χ4v) is 7.21. The first-order valence-corrected chi connectivity index (χ1v) is 12.6. The van der Waals surface area contributed by atoms with Crippen molar-refractivity contribution < 1.29 is 0 Å². The van der Waals surface area contributed by atoms with Crippen LogP contribution in [0, 0.1) is 0 Å². The van der Waals surface area contributed by atoms with E-state index in [2.05, 4.69) is 83.8 Å². The zero-order valence-electron chi connectivity index (χ0n) is 19.3. The first kappa shape index (κ1) is 18.2. The molecule has 0 atom stereocenters. The third kappa shape index (κ3) is 2.23. The highest BCUT2D eigenvalue weighted by Crippen LogP contribution is 2.56. The van der Waals surface area contributed by atoms with Gasteiger partial charge in [-0.05, 0) is 92.2 Å². The molecule has 2 heteroatoms. The lowest BCUT2D eigenvalue weighted by atomic mass is 9.81. The Labute approximate surface area is 204 Å². The number of aromatic nitrogens is 1. The van der Waals surface area contributed by atoms with Crippen molar-refractivity contribution in [2.45, 2.75) is 25.7 Å². The van der Waals surface area contributed by atoms with E-state index >= 15 is 0 Å². The smallest absolute Gasteiger partial charge is 0.0688 e. The summed E-state index contributed by atoms with van der Waals surface area (Å²) in [5, 5.41) is 0. The van der Waals surface area contributed by atoms with Gasteiger partial charge in [0.15, 0.2) is 0 Å². The number of anilines is 3. The van der Waals surface area contributed by atoms with E-state index in [0.717, 1.165) is 25.7 Å². The molecule has 5 aromatic rings. The van der Waals surface area contributed by atoms with Gasteiger partial charge in [-0.25, -0.2) is 0 Å². The Morgan fingerprint density at radius 2 is 1.34 bits per heavy atom. The van der Waals surface area contributed by atoms with Crippen molar-refractivity contribution in [1.82, 2.24) is 4.98 Å². The van der Waals surface area contributed by atoms with E-state index in [1.807, 2.05) is 6.20 Å². The molecule has 0 amide bonds. The molecule has 2 aliphatic heterocycles. The topological polar surface area (TPSA) is 16.1 Å². The molecular weight excluding hydrogens is 424 g/mol. The first-order chi connectivity index (χ1) is 17.3. The average molecular weight is 447 g/mol. The summed E-state index contributed by atoms with van der Waals surface area (Å²) >= 11 is 0. The van der Waals surface area contributed by atoms with Gasteiger partial charge in [-0.15, -0.1) is 0 Å². The van der Waals surface area contributed by atoms with Gasteiger partial charge in [0.1, 0.15) is 0 Å². The van der Waals surface area contributed by atoms with Crippen LogP contribution in [0.1, 0.15) is 44.6 Å². The van der Waals surface area contributed by atoms with Gasteiger partial charge in [0.2, 0.25) is 0 Å². The molecule has 3 heterocycles. The number of pyridine rings is 1. The first-order valence-electron chi connectivity index (χ1n) is 12.6. The highest BCUT2D eigenvalue weighted by atomic mass is 15.2. The molecular formula is C33H22N2. The van der Waals surface area contributed by atoms with Crippen molar-refractivity contribution >= 4 is 17.1 Å². The maximum atomic E-state index is 4.89. The predicted octanol–water partition coefficient (Wildman–Crippen LogP) is 7.50. The Morgan fingerprint density at radius 1 is 0.543 bits per heavy atom. The summed E-state index contributed by atoms with van der Waals surface area (Å²) in [6.45, 7) is 0. The molecule has 0 saturated heterocycles. The Morgan fingerprint density at radius 3 is 2.26 bits per heavy atom. The maximum absolute atomic E-state index is 4.89. The Hall–Kier alpha value is -4.17. The third-order valence-electron chi connectivity index (χ3n) is 8.59. The number of nitrogens with zero attached hydrogens (tertiary/aromatic N) is 2. The summed E-state index contributed by atoms with van der Waals surface area (Å²) in [4.78, 5) is 7.43. The zero-order valence-corrected chi connectivity index (χ0v) is 19.3. The normalized spacial score (nSPS) is 14.9. The molecule has 4 aromatic carbocycles. The molecule has 0 saturated carbocycles. The van der Waals surface area contributed by atoms with E-state index in [1.54, 1.807) is 0 Å². The van der Waals surface area contributed by atoms with Gasteiger partial charge < -0.3 is 4.90 Å². The molecule has 0 radical (unpaired) electrons. The van der Waals surface area contributed by atoms with Crippen molar-refractivity contribution in [2.24, 2.45) is 0 Å². The lowest BCUT2D eigenvalue weighted by Crippen LogP contribution is -2.26. The zero-order chi connectivity index (χ0) is 22.7. The molecule has 0 unspecified atom stereocenters. The fraction of sp³-hybridized carbons (Fsp3) is 0.121. The number of hydrogen-bond acceptors (Lipinski definition) is 2. The van der Waals surface area contributed by atoms with Gasteiger partial charge >= 0.3 is 0 Å². The maximum Gasteiger partial charge on any atom is 0.0688 e. The van der Waals surface area contributed by atoms with Crippen LogP contribution in [0.5, 0.6) is 0 Å². The standard InChI is InChI=1S/C33H22N2/c1-3-8-23-20(7-1)16-26-25(23)11-12-30-27(26)17-22-15-21-14-19-6-2-4-9-24(19)32(21)28-18-29-31(10-5-13-34-29)35(30)33(22)28/h1-13,15H,14,16-18H2. The van der Waals surface area contributed by atoms with Crippen LogP contribution in [0.4, 0.5) is 17.1 Å². The van der Waals surface area contributed by atoms with E-state index in [9.17, 15) is 0 Å². The summed E-state index contributed by atoms with van der Waals surface area (Å²) < 4.78 is 0. The van der Waals surface area contributed by atoms with E-state index in [1.165, 1.54) is 84.0 Å². The monoisotopic (exact) mass is 446 g/mol. The number of hydrogen-bond donors (Lipinski definition) is 0.